The third kappa shape index (κ3) is 4.18. The first-order valence-electron chi connectivity index (χ1n) is 6.91. The van der Waals surface area contributed by atoms with Crippen LogP contribution in [0.2, 0.25) is 0 Å². The molecule has 0 spiro atoms. The third-order valence-electron chi connectivity index (χ3n) is 3.35. The summed E-state index contributed by atoms with van der Waals surface area (Å²) in [6, 6.07) is 6.65. The van der Waals surface area contributed by atoms with E-state index in [9.17, 15) is 10.1 Å². The molecule has 0 unspecified atom stereocenters. The van der Waals surface area contributed by atoms with Gasteiger partial charge in [0.15, 0.2) is 0 Å². The van der Waals surface area contributed by atoms with Crippen molar-refractivity contribution in [2.24, 2.45) is 0 Å². The quantitative estimate of drug-likeness (QED) is 0.448. The van der Waals surface area contributed by atoms with E-state index in [4.69, 9.17) is 9.47 Å². The Morgan fingerprint density at radius 2 is 2.05 bits per heavy atom. The van der Waals surface area contributed by atoms with Crippen LogP contribution < -0.4 is 10.1 Å². The standard InChI is InChI=1S/C14H20N2O4/c1-2-19-14-9-11(10-14)15-7-8-20-13-5-3-12(4-6-13)16(17)18/h3-6,11,14-15H,2,7-10H2,1H3. The van der Waals surface area contributed by atoms with Gasteiger partial charge in [0.05, 0.1) is 11.0 Å². The van der Waals surface area contributed by atoms with Crippen molar-refractivity contribution >= 4 is 5.69 Å². The number of non-ortho nitro benzene ring substituents is 1. The predicted octanol–water partition coefficient (Wildman–Crippen LogP) is 2.13. The lowest BCUT2D eigenvalue weighted by Gasteiger charge is -2.35. The maximum absolute atomic E-state index is 10.5. The minimum absolute atomic E-state index is 0.0758. The largest absolute Gasteiger partial charge is 0.492 e. The maximum atomic E-state index is 10.5. The van der Waals surface area contributed by atoms with E-state index >= 15 is 0 Å². The summed E-state index contributed by atoms with van der Waals surface area (Å²) in [5.74, 6) is 0.651. The Morgan fingerprint density at radius 3 is 2.65 bits per heavy atom. The van der Waals surface area contributed by atoms with Crippen molar-refractivity contribution < 1.29 is 14.4 Å². The minimum atomic E-state index is -0.420. The lowest BCUT2D eigenvalue weighted by atomic mass is 9.89. The first-order chi connectivity index (χ1) is 9.69. The number of rotatable bonds is 8. The number of hydrogen-bond acceptors (Lipinski definition) is 5. The zero-order chi connectivity index (χ0) is 14.4. The Bertz CT molecular complexity index is 429. The second-order valence-electron chi connectivity index (χ2n) is 4.80. The smallest absolute Gasteiger partial charge is 0.269 e. The van der Waals surface area contributed by atoms with E-state index in [1.165, 1.54) is 12.1 Å². The molecule has 0 radical (unpaired) electrons. The molecule has 1 aliphatic rings. The first-order valence-corrected chi connectivity index (χ1v) is 6.91. The highest BCUT2D eigenvalue weighted by Crippen LogP contribution is 2.23. The fourth-order valence-electron chi connectivity index (χ4n) is 2.20. The van der Waals surface area contributed by atoms with Crippen LogP contribution in [0.3, 0.4) is 0 Å². The molecule has 1 aliphatic carbocycles. The Labute approximate surface area is 118 Å². The van der Waals surface area contributed by atoms with E-state index in [-0.39, 0.29) is 5.69 Å². The summed E-state index contributed by atoms with van der Waals surface area (Å²) < 4.78 is 11.0. The van der Waals surface area contributed by atoms with Crippen LogP contribution in [0.4, 0.5) is 5.69 Å². The van der Waals surface area contributed by atoms with Gasteiger partial charge in [0.25, 0.3) is 5.69 Å². The van der Waals surface area contributed by atoms with Gasteiger partial charge in [-0.25, -0.2) is 0 Å². The van der Waals surface area contributed by atoms with E-state index < -0.39 is 4.92 Å². The molecule has 1 fully saturated rings. The second kappa shape index (κ2) is 7.21. The van der Waals surface area contributed by atoms with E-state index in [2.05, 4.69) is 5.32 Å². The molecule has 0 bridgehead atoms. The molecule has 6 heteroatoms. The Balaban J connectivity index is 1.58. The van der Waals surface area contributed by atoms with Gasteiger partial charge in [-0.2, -0.15) is 0 Å². The number of hydrogen-bond donors (Lipinski definition) is 1. The van der Waals surface area contributed by atoms with Crippen LogP contribution in [0.5, 0.6) is 5.75 Å². The van der Waals surface area contributed by atoms with Gasteiger partial charge in [-0.3, -0.25) is 10.1 Å². The van der Waals surface area contributed by atoms with Gasteiger partial charge in [0.1, 0.15) is 12.4 Å². The number of nitrogens with zero attached hydrogens (tertiary/aromatic N) is 1. The highest BCUT2D eigenvalue weighted by Gasteiger charge is 2.28. The zero-order valence-electron chi connectivity index (χ0n) is 11.6. The van der Waals surface area contributed by atoms with E-state index in [0.717, 1.165) is 26.0 Å². The van der Waals surface area contributed by atoms with Gasteiger partial charge >= 0.3 is 0 Å². The number of nitrogens with one attached hydrogen (secondary N) is 1. The summed E-state index contributed by atoms with van der Waals surface area (Å²) in [5, 5.41) is 13.9. The van der Waals surface area contributed by atoms with Crippen LogP contribution in [0.15, 0.2) is 24.3 Å². The fourth-order valence-corrected chi connectivity index (χ4v) is 2.20. The molecule has 1 saturated carbocycles. The fraction of sp³-hybridized carbons (Fsp3) is 0.571. The molecule has 0 heterocycles. The summed E-state index contributed by atoms with van der Waals surface area (Å²) in [6.45, 7) is 4.10. The summed E-state index contributed by atoms with van der Waals surface area (Å²) in [4.78, 5) is 10.1. The van der Waals surface area contributed by atoms with Crippen molar-refractivity contribution in [3.63, 3.8) is 0 Å². The van der Waals surface area contributed by atoms with Crippen LogP contribution in [0.25, 0.3) is 0 Å². The maximum Gasteiger partial charge on any atom is 0.269 e. The van der Waals surface area contributed by atoms with Crippen LogP contribution in [0, 0.1) is 10.1 Å². The molecule has 110 valence electrons. The molecule has 1 aromatic rings. The van der Waals surface area contributed by atoms with Crippen molar-refractivity contribution in [3.8, 4) is 5.75 Å². The molecule has 0 saturated heterocycles. The van der Waals surface area contributed by atoms with Crippen molar-refractivity contribution in [1.29, 1.82) is 0 Å². The highest BCUT2D eigenvalue weighted by atomic mass is 16.6. The molecule has 1 aromatic carbocycles. The molecular formula is C14H20N2O4. The van der Waals surface area contributed by atoms with Crippen LogP contribution in [0.1, 0.15) is 19.8 Å². The van der Waals surface area contributed by atoms with E-state index in [1.807, 2.05) is 6.92 Å². The van der Waals surface area contributed by atoms with E-state index in [0.29, 0.717) is 24.5 Å². The van der Waals surface area contributed by atoms with Gasteiger partial charge in [-0.05, 0) is 31.9 Å². The minimum Gasteiger partial charge on any atom is -0.492 e. The molecule has 0 amide bonds. The van der Waals surface area contributed by atoms with Gasteiger partial charge in [-0.1, -0.05) is 0 Å². The topological polar surface area (TPSA) is 73.6 Å². The lowest BCUT2D eigenvalue weighted by molar-refractivity contribution is -0.384. The van der Waals surface area contributed by atoms with E-state index in [1.54, 1.807) is 12.1 Å². The summed E-state index contributed by atoms with van der Waals surface area (Å²) >= 11 is 0. The second-order valence-corrected chi connectivity index (χ2v) is 4.80. The molecule has 0 atom stereocenters. The van der Waals surface area contributed by atoms with Crippen LogP contribution in [-0.4, -0.2) is 36.8 Å². The Kier molecular flexibility index (Phi) is 5.31. The average molecular weight is 280 g/mol. The van der Waals surface area contributed by atoms with Crippen molar-refractivity contribution in [2.75, 3.05) is 19.8 Å². The SMILES string of the molecule is CCOC1CC(NCCOc2ccc([N+](=O)[O-])cc2)C1. The monoisotopic (exact) mass is 280 g/mol. The lowest BCUT2D eigenvalue weighted by Crippen LogP contribution is -2.46. The van der Waals surface area contributed by atoms with Crippen LogP contribution >= 0.6 is 0 Å². The highest BCUT2D eigenvalue weighted by molar-refractivity contribution is 5.35. The van der Waals surface area contributed by atoms with Gasteiger partial charge in [0, 0.05) is 31.3 Å². The van der Waals surface area contributed by atoms with Crippen LogP contribution in [-0.2, 0) is 4.74 Å². The third-order valence-corrected chi connectivity index (χ3v) is 3.35. The zero-order valence-corrected chi connectivity index (χ0v) is 11.6. The number of ether oxygens (including phenoxy) is 2. The van der Waals surface area contributed by atoms with Crippen molar-refractivity contribution in [3.05, 3.63) is 34.4 Å². The van der Waals surface area contributed by atoms with Gasteiger partial charge < -0.3 is 14.8 Å². The Morgan fingerprint density at radius 1 is 1.35 bits per heavy atom. The average Bonchev–Trinajstić information content (AvgIpc) is 2.40. The van der Waals surface area contributed by atoms with Gasteiger partial charge in [-0.15, -0.1) is 0 Å². The molecule has 1 N–H and O–H groups in total. The normalized spacial score (nSPS) is 21.2. The summed E-state index contributed by atoms with van der Waals surface area (Å²) in [7, 11) is 0. The summed E-state index contributed by atoms with van der Waals surface area (Å²) in [5.41, 5.74) is 0.0758. The number of nitro groups is 1. The van der Waals surface area contributed by atoms with Crippen molar-refractivity contribution in [2.45, 2.75) is 31.9 Å². The Hall–Kier alpha value is -1.66. The molecular weight excluding hydrogens is 260 g/mol. The molecule has 20 heavy (non-hydrogen) atoms. The predicted molar refractivity (Wildman–Crippen MR) is 75.0 cm³/mol. The molecule has 0 aliphatic heterocycles. The van der Waals surface area contributed by atoms with Gasteiger partial charge in [0.2, 0.25) is 0 Å². The summed E-state index contributed by atoms with van der Waals surface area (Å²) in [6.07, 6.45) is 2.53. The number of benzene rings is 1. The number of nitro benzene ring substituents is 1. The first kappa shape index (κ1) is 14.7. The molecule has 0 aromatic heterocycles. The molecule has 6 nitrogen and oxygen atoms in total. The van der Waals surface area contributed by atoms with Crippen molar-refractivity contribution in [1.82, 2.24) is 5.32 Å². The molecule has 2 rings (SSSR count).